The maximum Gasteiger partial charge on any atom is 0.138 e. The van der Waals surface area contributed by atoms with Crippen molar-refractivity contribution in [2.24, 2.45) is 0 Å². The highest BCUT2D eigenvalue weighted by molar-refractivity contribution is 14.1. The standard InChI is InChI=1S/C13H12FIN2O/c1-18-10-6-8(16)5-9(7-10)17-12-4-2-3-11(14)13(12)15/h2-7,17H,16H2,1H3. The SMILES string of the molecule is COc1cc(N)cc(Nc2cccc(F)c2I)c1. The van der Waals surface area contributed by atoms with Crippen LogP contribution in [0.2, 0.25) is 0 Å². The van der Waals surface area contributed by atoms with Crippen LogP contribution in [0.15, 0.2) is 36.4 Å². The fourth-order valence-electron chi connectivity index (χ4n) is 1.57. The number of halogens is 2. The normalized spacial score (nSPS) is 10.2. The van der Waals surface area contributed by atoms with Gasteiger partial charge in [-0.25, -0.2) is 4.39 Å². The van der Waals surface area contributed by atoms with Crippen molar-refractivity contribution in [1.29, 1.82) is 0 Å². The highest BCUT2D eigenvalue weighted by Gasteiger charge is 2.06. The lowest BCUT2D eigenvalue weighted by molar-refractivity contribution is 0.415. The first-order valence-electron chi connectivity index (χ1n) is 5.26. The van der Waals surface area contributed by atoms with Crippen LogP contribution in [-0.4, -0.2) is 7.11 Å². The van der Waals surface area contributed by atoms with Gasteiger partial charge in [-0.2, -0.15) is 0 Å². The van der Waals surface area contributed by atoms with Crippen LogP contribution in [0.3, 0.4) is 0 Å². The summed E-state index contributed by atoms with van der Waals surface area (Å²) in [7, 11) is 1.57. The lowest BCUT2D eigenvalue weighted by Gasteiger charge is -2.11. The van der Waals surface area contributed by atoms with E-state index in [0.29, 0.717) is 20.7 Å². The van der Waals surface area contributed by atoms with Crippen molar-refractivity contribution in [3.05, 3.63) is 45.8 Å². The summed E-state index contributed by atoms with van der Waals surface area (Å²) in [6.45, 7) is 0. The quantitative estimate of drug-likeness (QED) is 0.649. The zero-order chi connectivity index (χ0) is 13.1. The highest BCUT2D eigenvalue weighted by atomic mass is 127. The Labute approximate surface area is 118 Å². The summed E-state index contributed by atoms with van der Waals surface area (Å²) in [6, 6.07) is 10.2. The van der Waals surface area contributed by atoms with Crippen LogP contribution in [0, 0.1) is 9.39 Å². The molecule has 0 bridgehead atoms. The van der Waals surface area contributed by atoms with E-state index in [1.807, 2.05) is 22.6 Å². The molecule has 0 atom stereocenters. The average molecular weight is 358 g/mol. The summed E-state index contributed by atoms with van der Waals surface area (Å²) >= 11 is 1.96. The molecule has 0 saturated carbocycles. The number of methoxy groups -OCH3 is 1. The topological polar surface area (TPSA) is 47.3 Å². The summed E-state index contributed by atoms with van der Waals surface area (Å²) in [4.78, 5) is 0. The van der Waals surface area contributed by atoms with Gasteiger partial charge in [0.15, 0.2) is 0 Å². The Kier molecular flexibility index (Phi) is 3.90. The van der Waals surface area contributed by atoms with Gasteiger partial charge in [-0.1, -0.05) is 6.07 Å². The van der Waals surface area contributed by atoms with E-state index in [-0.39, 0.29) is 5.82 Å². The molecule has 0 unspecified atom stereocenters. The van der Waals surface area contributed by atoms with Gasteiger partial charge in [-0.15, -0.1) is 0 Å². The molecular formula is C13H12FIN2O. The van der Waals surface area contributed by atoms with Gasteiger partial charge >= 0.3 is 0 Å². The molecule has 0 aliphatic heterocycles. The molecule has 18 heavy (non-hydrogen) atoms. The van der Waals surface area contributed by atoms with Crippen molar-refractivity contribution in [1.82, 2.24) is 0 Å². The molecule has 2 rings (SSSR count). The van der Waals surface area contributed by atoms with Crippen molar-refractivity contribution in [3.63, 3.8) is 0 Å². The van der Waals surface area contributed by atoms with E-state index in [4.69, 9.17) is 10.5 Å². The molecule has 5 heteroatoms. The van der Waals surface area contributed by atoms with E-state index in [2.05, 4.69) is 5.32 Å². The Morgan fingerprint density at radius 2 is 2.06 bits per heavy atom. The third-order valence-electron chi connectivity index (χ3n) is 2.40. The molecule has 2 aromatic rings. The minimum Gasteiger partial charge on any atom is -0.497 e. The van der Waals surface area contributed by atoms with Gasteiger partial charge < -0.3 is 15.8 Å². The molecule has 0 saturated heterocycles. The summed E-state index contributed by atoms with van der Waals surface area (Å²) in [6.07, 6.45) is 0. The van der Waals surface area contributed by atoms with E-state index in [1.165, 1.54) is 6.07 Å². The molecule has 0 radical (unpaired) electrons. The predicted octanol–water partition coefficient (Wildman–Crippen LogP) is 3.76. The number of benzene rings is 2. The van der Waals surface area contributed by atoms with Gasteiger partial charge in [-0.3, -0.25) is 0 Å². The van der Waals surface area contributed by atoms with E-state index in [9.17, 15) is 4.39 Å². The van der Waals surface area contributed by atoms with E-state index >= 15 is 0 Å². The molecule has 3 N–H and O–H groups in total. The number of rotatable bonds is 3. The maximum atomic E-state index is 13.4. The van der Waals surface area contributed by atoms with Crippen LogP contribution in [0.25, 0.3) is 0 Å². The minimum atomic E-state index is -0.253. The predicted molar refractivity (Wildman–Crippen MR) is 79.8 cm³/mol. The first-order chi connectivity index (χ1) is 8.60. The molecule has 0 aliphatic rings. The average Bonchev–Trinajstić information content (AvgIpc) is 2.34. The molecular weight excluding hydrogens is 346 g/mol. The first kappa shape index (κ1) is 12.9. The van der Waals surface area contributed by atoms with Crippen LogP contribution in [0.4, 0.5) is 21.5 Å². The molecule has 0 amide bonds. The molecule has 0 aliphatic carbocycles. The number of hydrogen-bond acceptors (Lipinski definition) is 3. The summed E-state index contributed by atoms with van der Waals surface area (Å²) in [5, 5.41) is 3.12. The van der Waals surface area contributed by atoms with Gasteiger partial charge in [0, 0.05) is 23.5 Å². The van der Waals surface area contributed by atoms with Crippen molar-refractivity contribution in [2.75, 3.05) is 18.2 Å². The van der Waals surface area contributed by atoms with Crippen LogP contribution < -0.4 is 15.8 Å². The molecule has 0 heterocycles. The second-order valence-electron chi connectivity index (χ2n) is 3.72. The van der Waals surface area contributed by atoms with Crippen molar-refractivity contribution in [2.45, 2.75) is 0 Å². The Morgan fingerprint density at radius 1 is 1.28 bits per heavy atom. The third kappa shape index (κ3) is 2.84. The van der Waals surface area contributed by atoms with Crippen LogP contribution in [-0.2, 0) is 0 Å². The summed E-state index contributed by atoms with van der Waals surface area (Å²) in [5.74, 6) is 0.403. The number of nitrogens with two attached hydrogens (primary N) is 1. The Hall–Kier alpha value is -1.50. The Morgan fingerprint density at radius 3 is 2.78 bits per heavy atom. The maximum absolute atomic E-state index is 13.4. The highest BCUT2D eigenvalue weighted by Crippen LogP contribution is 2.28. The largest absolute Gasteiger partial charge is 0.497 e. The Bertz CT molecular complexity index is 575. The zero-order valence-electron chi connectivity index (χ0n) is 9.71. The fraction of sp³-hybridized carbons (Fsp3) is 0.0769. The van der Waals surface area contributed by atoms with Gasteiger partial charge in [0.2, 0.25) is 0 Å². The number of anilines is 3. The number of nitrogen functional groups attached to an aromatic ring is 1. The van der Waals surface area contributed by atoms with E-state index < -0.39 is 0 Å². The van der Waals surface area contributed by atoms with Crippen LogP contribution >= 0.6 is 22.6 Å². The summed E-state index contributed by atoms with van der Waals surface area (Å²) < 4.78 is 19.1. The second-order valence-corrected chi connectivity index (χ2v) is 4.80. The monoisotopic (exact) mass is 358 g/mol. The zero-order valence-corrected chi connectivity index (χ0v) is 11.9. The summed E-state index contributed by atoms with van der Waals surface area (Å²) in [5.41, 5.74) is 7.80. The molecule has 0 fully saturated rings. The molecule has 3 nitrogen and oxygen atoms in total. The Balaban J connectivity index is 2.34. The number of ether oxygens (including phenoxy) is 1. The lowest BCUT2D eigenvalue weighted by atomic mass is 10.2. The van der Waals surface area contributed by atoms with E-state index in [0.717, 1.165) is 5.69 Å². The third-order valence-corrected chi connectivity index (χ3v) is 3.49. The smallest absolute Gasteiger partial charge is 0.138 e. The van der Waals surface area contributed by atoms with Crippen LogP contribution in [0.1, 0.15) is 0 Å². The van der Waals surface area contributed by atoms with Crippen molar-refractivity contribution >= 4 is 39.7 Å². The number of nitrogens with one attached hydrogen (secondary N) is 1. The molecule has 0 aromatic heterocycles. The van der Waals surface area contributed by atoms with Gasteiger partial charge in [-0.05, 0) is 40.8 Å². The molecule has 94 valence electrons. The number of hydrogen-bond donors (Lipinski definition) is 2. The fourth-order valence-corrected chi connectivity index (χ4v) is 2.06. The van der Waals surface area contributed by atoms with E-state index in [1.54, 1.807) is 37.4 Å². The minimum absolute atomic E-state index is 0.253. The first-order valence-corrected chi connectivity index (χ1v) is 6.33. The van der Waals surface area contributed by atoms with Crippen molar-refractivity contribution in [3.8, 4) is 5.75 Å². The molecule has 2 aromatic carbocycles. The van der Waals surface area contributed by atoms with Gasteiger partial charge in [0.1, 0.15) is 11.6 Å². The van der Waals surface area contributed by atoms with Gasteiger partial charge in [0.25, 0.3) is 0 Å². The van der Waals surface area contributed by atoms with Crippen LogP contribution in [0.5, 0.6) is 5.75 Å². The molecule has 0 spiro atoms. The van der Waals surface area contributed by atoms with Crippen molar-refractivity contribution < 1.29 is 9.13 Å². The second kappa shape index (κ2) is 5.43. The lowest BCUT2D eigenvalue weighted by Crippen LogP contribution is -1.97. The van der Waals surface area contributed by atoms with Gasteiger partial charge in [0.05, 0.1) is 16.4 Å².